The molecule has 31 heavy (non-hydrogen) atoms. The summed E-state index contributed by atoms with van der Waals surface area (Å²) in [6, 6.07) is 9.88. The number of benzene rings is 1. The van der Waals surface area contributed by atoms with E-state index in [9.17, 15) is 9.59 Å². The van der Waals surface area contributed by atoms with Gasteiger partial charge < -0.3 is 15.0 Å². The van der Waals surface area contributed by atoms with Crippen molar-refractivity contribution >= 4 is 22.8 Å². The number of urea groups is 1. The van der Waals surface area contributed by atoms with Crippen LogP contribution in [-0.4, -0.2) is 89.6 Å². The fraction of sp³-hybridized carbons (Fsp3) is 0.522. The molecule has 4 saturated heterocycles. The second-order valence-corrected chi connectivity index (χ2v) is 9.03. The summed E-state index contributed by atoms with van der Waals surface area (Å²) in [5, 5.41) is 4.44. The summed E-state index contributed by atoms with van der Waals surface area (Å²) in [4.78, 5) is 37.5. The van der Waals surface area contributed by atoms with Crippen LogP contribution in [0.25, 0.3) is 10.9 Å². The molecule has 1 aromatic heterocycles. The van der Waals surface area contributed by atoms with Gasteiger partial charge in [-0.3, -0.25) is 19.6 Å². The number of aromatic nitrogens is 1. The number of nitrogens with zero attached hydrogens (tertiary/aromatic N) is 4. The summed E-state index contributed by atoms with van der Waals surface area (Å²) in [6.07, 6.45) is 2.67. The Morgan fingerprint density at radius 2 is 2.00 bits per heavy atom. The summed E-state index contributed by atoms with van der Waals surface area (Å²) in [6.45, 7) is 5.55. The Morgan fingerprint density at radius 1 is 1.16 bits per heavy atom. The van der Waals surface area contributed by atoms with Gasteiger partial charge in [0.25, 0.3) is 5.91 Å². The number of ether oxygens (including phenoxy) is 1. The van der Waals surface area contributed by atoms with Crippen molar-refractivity contribution in [1.82, 2.24) is 25.0 Å². The van der Waals surface area contributed by atoms with Gasteiger partial charge in [0, 0.05) is 56.8 Å². The molecule has 1 N–H and O–H groups in total. The van der Waals surface area contributed by atoms with Crippen LogP contribution in [0.5, 0.6) is 0 Å². The van der Waals surface area contributed by atoms with Crippen LogP contribution in [0.1, 0.15) is 18.0 Å². The smallest absolute Gasteiger partial charge is 0.328 e. The Bertz CT molecular complexity index is 1040. The van der Waals surface area contributed by atoms with Gasteiger partial charge in [-0.1, -0.05) is 18.2 Å². The zero-order chi connectivity index (χ0) is 21.0. The number of rotatable bonds is 4. The molecule has 1 spiro atoms. The largest absolute Gasteiger partial charge is 0.379 e. The Kier molecular flexibility index (Phi) is 4.48. The molecule has 5 heterocycles. The minimum absolute atomic E-state index is 0.0305. The SMILES string of the molecule is O=C1N(CCN2CCOCC2)C(=O)[C@]23CNC[C@H]2C[C@H](c2cnc4ccccc4c2)N13. The lowest BCUT2D eigenvalue weighted by atomic mass is 9.87. The van der Waals surface area contributed by atoms with Crippen molar-refractivity contribution in [3.8, 4) is 0 Å². The lowest BCUT2D eigenvalue weighted by molar-refractivity contribution is -0.133. The van der Waals surface area contributed by atoms with Gasteiger partial charge in [0.15, 0.2) is 0 Å². The van der Waals surface area contributed by atoms with Gasteiger partial charge in [0.1, 0.15) is 5.54 Å². The third kappa shape index (κ3) is 2.82. The molecule has 8 heteroatoms. The second kappa shape index (κ2) is 7.25. The molecule has 4 aliphatic rings. The van der Waals surface area contributed by atoms with E-state index < -0.39 is 5.54 Å². The number of hydrogen-bond acceptors (Lipinski definition) is 6. The maximum absolute atomic E-state index is 13.6. The van der Waals surface area contributed by atoms with E-state index in [1.807, 2.05) is 35.4 Å². The molecule has 4 aliphatic heterocycles. The number of carbonyl (C=O) groups excluding carboxylic acids is 2. The average Bonchev–Trinajstić information content (AvgIpc) is 3.42. The van der Waals surface area contributed by atoms with Gasteiger partial charge in [-0.15, -0.1) is 0 Å². The van der Waals surface area contributed by atoms with Gasteiger partial charge in [-0.05, 0) is 24.1 Å². The molecule has 0 unspecified atom stereocenters. The summed E-state index contributed by atoms with van der Waals surface area (Å²) in [7, 11) is 0. The zero-order valence-electron chi connectivity index (χ0n) is 17.5. The van der Waals surface area contributed by atoms with Gasteiger partial charge in [-0.25, -0.2) is 4.79 Å². The molecule has 0 aliphatic carbocycles. The summed E-state index contributed by atoms with van der Waals surface area (Å²) in [5.74, 6) is 0.103. The van der Waals surface area contributed by atoms with Crippen molar-refractivity contribution in [1.29, 1.82) is 0 Å². The molecule has 2 aromatic rings. The third-order valence-electron chi connectivity index (χ3n) is 7.50. The molecule has 0 bridgehead atoms. The first-order chi connectivity index (χ1) is 15.2. The zero-order valence-corrected chi connectivity index (χ0v) is 17.5. The number of imide groups is 1. The van der Waals surface area contributed by atoms with Crippen LogP contribution in [0.4, 0.5) is 4.79 Å². The molecule has 8 nitrogen and oxygen atoms in total. The van der Waals surface area contributed by atoms with Crippen molar-refractivity contribution in [3.05, 3.63) is 42.1 Å². The van der Waals surface area contributed by atoms with E-state index in [4.69, 9.17) is 4.74 Å². The average molecular weight is 422 g/mol. The molecular weight excluding hydrogens is 394 g/mol. The van der Waals surface area contributed by atoms with Crippen molar-refractivity contribution in [3.63, 3.8) is 0 Å². The topological polar surface area (TPSA) is 78.0 Å². The number of pyridine rings is 1. The van der Waals surface area contributed by atoms with E-state index in [2.05, 4.69) is 21.3 Å². The predicted molar refractivity (Wildman–Crippen MR) is 114 cm³/mol. The lowest BCUT2D eigenvalue weighted by Gasteiger charge is -2.30. The van der Waals surface area contributed by atoms with Crippen molar-refractivity contribution in [2.45, 2.75) is 18.0 Å². The van der Waals surface area contributed by atoms with Crippen LogP contribution in [0.2, 0.25) is 0 Å². The van der Waals surface area contributed by atoms with Gasteiger partial charge >= 0.3 is 6.03 Å². The molecule has 0 saturated carbocycles. The van der Waals surface area contributed by atoms with Gasteiger partial charge in [-0.2, -0.15) is 0 Å². The number of amides is 3. The minimum atomic E-state index is -0.752. The highest BCUT2D eigenvalue weighted by Crippen LogP contribution is 2.52. The van der Waals surface area contributed by atoms with Crippen LogP contribution in [0, 0.1) is 5.92 Å². The Labute approximate surface area is 181 Å². The molecule has 0 radical (unpaired) electrons. The van der Waals surface area contributed by atoms with E-state index in [0.29, 0.717) is 32.8 Å². The van der Waals surface area contributed by atoms with Crippen LogP contribution in [0.15, 0.2) is 36.5 Å². The van der Waals surface area contributed by atoms with E-state index in [1.165, 1.54) is 4.90 Å². The standard InChI is InChI=1S/C23H27N5O3/c29-21-23-15-24-14-18(23)12-20(17-11-16-3-1-2-4-19(16)25-13-17)28(23)22(30)27(21)6-5-26-7-9-31-10-8-26/h1-4,11,13,18,20,24H,5-10,12,14-15H2/t18-,20-,23+/m1/s1. The summed E-state index contributed by atoms with van der Waals surface area (Å²) < 4.78 is 5.41. The lowest BCUT2D eigenvalue weighted by Crippen LogP contribution is -2.51. The van der Waals surface area contributed by atoms with Crippen LogP contribution in [0.3, 0.4) is 0 Å². The number of nitrogens with one attached hydrogen (secondary N) is 1. The monoisotopic (exact) mass is 421 g/mol. The van der Waals surface area contributed by atoms with Crippen LogP contribution >= 0.6 is 0 Å². The highest BCUT2D eigenvalue weighted by Gasteiger charge is 2.68. The number of morpholine rings is 1. The third-order valence-corrected chi connectivity index (χ3v) is 7.50. The van der Waals surface area contributed by atoms with Crippen molar-refractivity contribution < 1.29 is 14.3 Å². The molecule has 162 valence electrons. The molecule has 4 fully saturated rings. The number of carbonyl (C=O) groups is 2. The molecular formula is C23H27N5O3. The normalized spacial score (nSPS) is 31.0. The van der Waals surface area contributed by atoms with Gasteiger partial charge in [0.05, 0.1) is 24.8 Å². The Balaban J connectivity index is 1.31. The summed E-state index contributed by atoms with van der Waals surface area (Å²) >= 11 is 0. The molecule has 3 amide bonds. The highest BCUT2D eigenvalue weighted by molar-refractivity contribution is 6.08. The first-order valence-corrected chi connectivity index (χ1v) is 11.2. The predicted octanol–water partition coefficient (Wildman–Crippen LogP) is 1.23. The number of para-hydroxylation sites is 1. The maximum Gasteiger partial charge on any atom is 0.328 e. The second-order valence-electron chi connectivity index (χ2n) is 9.03. The quantitative estimate of drug-likeness (QED) is 0.749. The van der Waals surface area contributed by atoms with Crippen LogP contribution < -0.4 is 5.32 Å². The first kappa shape index (κ1) is 19.2. The minimum Gasteiger partial charge on any atom is -0.379 e. The molecule has 3 atom stereocenters. The van der Waals surface area contributed by atoms with E-state index in [1.54, 1.807) is 0 Å². The van der Waals surface area contributed by atoms with Gasteiger partial charge in [0.2, 0.25) is 0 Å². The number of hydrogen-bond donors (Lipinski definition) is 1. The molecule has 6 rings (SSSR count). The Morgan fingerprint density at radius 3 is 2.87 bits per heavy atom. The number of fused-ring (bicyclic) bond motifs is 1. The molecule has 1 aromatic carbocycles. The fourth-order valence-electron chi connectivity index (χ4n) is 5.89. The highest BCUT2D eigenvalue weighted by atomic mass is 16.5. The van der Waals surface area contributed by atoms with E-state index in [0.717, 1.165) is 42.5 Å². The Hall–Kier alpha value is -2.55. The maximum atomic E-state index is 13.6. The fourth-order valence-corrected chi connectivity index (χ4v) is 5.89. The summed E-state index contributed by atoms with van der Waals surface area (Å²) in [5.41, 5.74) is 1.21. The van der Waals surface area contributed by atoms with E-state index in [-0.39, 0.29) is 23.9 Å². The van der Waals surface area contributed by atoms with Crippen molar-refractivity contribution in [2.75, 3.05) is 52.5 Å². The van der Waals surface area contributed by atoms with Crippen molar-refractivity contribution in [2.24, 2.45) is 5.92 Å². The van der Waals surface area contributed by atoms with E-state index >= 15 is 0 Å². The van der Waals surface area contributed by atoms with Crippen LogP contribution in [-0.2, 0) is 9.53 Å². The first-order valence-electron chi connectivity index (χ1n) is 11.2.